The van der Waals surface area contributed by atoms with Crippen LogP contribution in [0.4, 0.5) is 5.69 Å². The summed E-state index contributed by atoms with van der Waals surface area (Å²) in [6, 6.07) is 28.3. The molecule has 0 saturated heterocycles. The quantitative estimate of drug-likeness (QED) is 0.316. The average molecular weight is 476 g/mol. The van der Waals surface area contributed by atoms with Gasteiger partial charge in [0, 0.05) is 29.3 Å². The summed E-state index contributed by atoms with van der Waals surface area (Å²) < 4.78 is 1.96. The van der Waals surface area contributed by atoms with E-state index in [-0.39, 0.29) is 11.7 Å². The van der Waals surface area contributed by atoms with Crippen LogP contribution in [0.5, 0.6) is 0 Å². The molecule has 35 heavy (non-hydrogen) atoms. The van der Waals surface area contributed by atoms with Gasteiger partial charge >= 0.3 is 0 Å². The number of anilines is 1. The predicted molar refractivity (Wildman–Crippen MR) is 139 cm³/mol. The summed E-state index contributed by atoms with van der Waals surface area (Å²) >= 11 is 1.36. The van der Waals surface area contributed by atoms with Crippen molar-refractivity contribution in [1.29, 1.82) is 0 Å². The molecule has 1 aliphatic carbocycles. The van der Waals surface area contributed by atoms with Gasteiger partial charge in [-0.1, -0.05) is 60.3 Å². The minimum absolute atomic E-state index is 0.0870. The Morgan fingerprint density at radius 1 is 0.886 bits per heavy atom. The predicted octanol–water partition coefficient (Wildman–Crippen LogP) is 5.63. The zero-order valence-electron chi connectivity index (χ0n) is 18.8. The fourth-order valence-corrected chi connectivity index (χ4v) is 5.16. The van der Waals surface area contributed by atoms with Crippen LogP contribution < -0.4 is 5.32 Å². The standard InChI is InChI=1S/C28H21N5OS/c34-26(30-22-12-13-25-21(16-22)15-19-7-4-5-11-24(19)25)18-35-28-32-31-27(20-8-6-14-29-17-20)33(28)23-9-2-1-3-10-23/h1-14,16-17H,15,18H2,(H,30,34). The highest BCUT2D eigenvalue weighted by atomic mass is 32.2. The molecule has 1 amide bonds. The lowest BCUT2D eigenvalue weighted by atomic mass is 10.1. The number of aromatic nitrogens is 4. The molecule has 0 unspecified atom stereocenters. The zero-order valence-corrected chi connectivity index (χ0v) is 19.6. The van der Waals surface area contributed by atoms with Gasteiger partial charge in [-0.05, 0) is 65.1 Å². The third-order valence-corrected chi connectivity index (χ3v) is 6.91. The maximum Gasteiger partial charge on any atom is 0.234 e. The van der Waals surface area contributed by atoms with Gasteiger partial charge in [0.1, 0.15) is 0 Å². The number of carbonyl (C=O) groups excluding carboxylic acids is 1. The van der Waals surface area contributed by atoms with E-state index in [1.54, 1.807) is 12.4 Å². The molecule has 0 radical (unpaired) electrons. The Hall–Kier alpha value is -4.23. The Labute approximate surface area is 207 Å². The molecule has 5 aromatic rings. The van der Waals surface area contributed by atoms with Crippen LogP contribution in [0.25, 0.3) is 28.2 Å². The lowest BCUT2D eigenvalue weighted by molar-refractivity contribution is -0.113. The van der Waals surface area contributed by atoms with E-state index < -0.39 is 0 Å². The van der Waals surface area contributed by atoms with E-state index in [9.17, 15) is 4.79 Å². The van der Waals surface area contributed by atoms with Crippen molar-refractivity contribution in [1.82, 2.24) is 19.7 Å². The van der Waals surface area contributed by atoms with Gasteiger partial charge in [0.25, 0.3) is 0 Å². The summed E-state index contributed by atoms with van der Waals surface area (Å²) in [5, 5.41) is 12.5. The molecular weight excluding hydrogens is 454 g/mol. The van der Waals surface area contributed by atoms with Crippen LogP contribution in [0.15, 0.2) is 102 Å². The van der Waals surface area contributed by atoms with E-state index >= 15 is 0 Å². The van der Waals surface area contributed by atoms with Gasteiger partial charge in [0.15, 0.2) is 11.0 Å². The molecule has 2 heterocycles. The smallest absolute Gasteiger partial charge is 0.234 e. The molecule has 0 spiro atoms. The van der Waals surface area contributed by atoms with Crippen molar-refractivity contribution in [3.8, 4) is 28.2 Å². The number of benzene rings is 3. The molecule has 1 aliphatic rings. The van der Waals surface area contributed by atoms with E-state index in [0.717, 1.165) is 23.4 Å². The Kier molecular flexibility index (Phi) is 5.60. The summed E-state index contributed by atoms with van der Waals surface area (Å²) in [4.78, 5) is 17.0. The lowest BCUT2D eigenvalue weighted by Gasteiger charge is -2.10. The molecule has 0 aliphatic heterocycles. The number of pyridine rings is 1. The first-order valence-electron chi connectivity index (χ1n) is 11.3. The van der Waals surface area contributed by atoms with Gasteiger partial charge in [-0.15, -0.1) is 10.2 Å². The normalized spacial score (nSPS) is 11.7. The second-order valence-corrected chi connectivity index (χ2v) is 9.20. The molecule has 2 aromatic heterocycles. The van der Waals surface area contributed by atoms with E-state index in [2.05, 4.69) is 56.9 Å². The number of nitrogens with zero attached hydrogens (tertiary/aromatic N) is 4. The van der Waals surface area contributed by atoms with Crippen molar-refractivity contribution < 1.29 is 4.79 Å². The van der Waals surface area contributed by atoms with Crippen molar-refractivity contribution in [2.24, 2.45) is 0 Å². The number of rotatable bonds is 6. The molecule has 3 aromatic carbocycles. The number of amides is 1. The van der Waals surface area contributed by atoms with Crippen molar-refractivity contribution in [2.45, 2.75) is 11.6 Å². The number of para-hydroxylation sites is 1. The number of hydrogen-bond acceptors (Lipinski definition) is 5. The molecule has 6 rings (SSSR count). The van der Waals surface area contributed by atoms with E-state index in [1.807, 2.05) is 53.1 Å². The van der Waals surface area contributed by atoms with Crippen LogP contribution >= 0.6 is 11.8 Å². The van der Waals surface area contributed by atoms with Crippen LogP contribution in [0.1, 0.15) is 11.1 Å². The first-order valence-corrected chi connectivity index (χ1v) is 12.3. The zero-order chi connectivity index (χ0) is 23.6. The van der Waals surface area contributed by atoms with Crippen molar-refractivity contribution in [3.05, 3.63) is 108 Å². The SMILES string of the molecule is O=C(CSc1nnc(-c2cccnc2)n1-c1ccccc1)Nc1ccc2c(c1)Cc1ccccc1-2. The monoisotopic (exact) mass is 475 g/mol. The fourth-order valence-electron chi connectivity index (χ4n) is 4.41. The Morgan fingerprint density at radius 3 is 2.57 bits per heavy atom. The number of hydrogen-bond donors (Lipinski definition) is 1. The third kappa shape index (κ3) is 4.22. The lowest BCUT2D eigenvalue weighted by Crippen LogP contribution is -2.14. The molecule has 7 heteroatoms. The van der Waals surface area contributed by atoms with Gasteiger partial charge in [0.05, 0.1) is 5.75 Å². The summed E-state index contributed by atoms with van der Waals surface area (Å²) in [6.07, 6.45) is 4.38. The largest absolute Gasteiger partial charge is 0.325 e. The first-order chi connectivity index (χ1) is 17.3. The Balaban J connectivity index is 1.20. The number of thioether (sulfide) groups is 1. The van der Waals surface area contributed by atoms with Crippen LogP contribution in [0.3, 0.4) is 0 Å². The maximum absolute atomic E-state index is 12.8. The Bertz CT molecular complexity index is 1520. The van der Waals surface area contributed by atoms with Crippen LogP contribution in [-0.4, -0.2) is 31.4 Å². The summed E-state index contributed by atoms with van der Waals surface area (Å²) in [7, 11) is 0. The summed E-state index contributed by atoms with van der Waals surface area (Å²) in [6.45, 7) is 0. The van der Waals surface area contributed by atoms with Crippen molar-refractivity contribution in [3.63, 3.8) is 0 Å². The second kappa shape index (κ2) is 9.19. The van der Waals surface area contributed by atoms with Crippen LogP contribution in [0.2, 0.25) is 0 Å². The number of nitrogens with one attached hydrogen (secondary N) is 1. The number of carbonyl (C=O) groups is 1. The molecule has 170 valence electrons. The summed E-state index contributed by atoms with van der Waals surface area (Å²) in [5.41, 5.74) is 7.68. The molecule has 0 atom stereocenters. The highest BCUT2D eigenvalue weighted by Gasteiger charge is 2.20. The molecule has 0 saturated carbocycles. The second-order valence-electron chi connectivity index (χ2n) is 8.26. The average Bonchev–Trinajstić information content (AvgIpc) is 3.49. The number of fused-ring (bicyclic) bond motifs is 3. The molecular formula is C28H21N5OS. The highest BCUT2D eigenvalue weighted by Crippen LogP contribution is 2.37. The minimum atomic E-state index is -0.0870. The van der Waals surface area contributed by atoms with Gasteiger partial charge in [-0.2, -0.15) is 0 Å². The van der Waals surface area contributed by atoms with Gasteiger partial charge in [-0.25, -0.2) is 0 Å². The van der Waals surface area contributed by atoms with E-state index in [0.29, 0.717) is 11.0 Å². The first kappa shape index (κ1) is 21.3. The van der Waals surface area contributed by atoms with Crippen molar-refractivity contribution >= 4 is 23.4 Å². The minimum Gasteiger partial charge on any atom is -0.325 e. The van der Waals surface area contributed by atoms with Gasteiger partial charge in [0.2, 0.25) is 5.91 Å². The van der Waals surface area contributed by atoms with E-state index in [1.165, 1.54) is 34.0 Å². The van der Waals surface area contributed by atoms with Crippen molar-refractivity contribution in [2.75, 3.05) is 11.1 Å². The fraction of sp³-hybridized carbons (Fsp3) is 0.0714. The molecule has 0 bridgehead atoms. The highest BCUT2D eigenvalue weighted by molar-refractivity contribution is 7.99. The molecule has 1 N–H and O–H groups in total. The third-order valence-electron chi connectivity index (χ3n) is 5.98. The topological polar surface area (TPSA) is 72.7 Å². The molecule has 0 fully saturated rings. The van der Waals surface area contributed by atoms with Gasteiger partial charge in [-0.3, -0.25) is 14.3 Å². The van der Waals surface area contributed by atoms with Crippen LogP contribution in [-0.2, 0) is 11.2 Å². The van der Waals surface area contributed by atoms with E-state index in [4.69, 9.17) is 0 Å². The summed E-state index contributed by atoms with van der Waals surface area (Å²) in [5.74, 6) is 0.816. The van der Waals surface area contributed by atoms with Crippen LogP contribution in [0, 0.1) is 0 Å². The van der Waals surface area contributed by atoms with Gasteiger partial charge < -0.3 is 5.32 Å². The Morgan fingerprint density at radius 2 is 1.71 bits per heavy atom. The maximum atomic E-state index is 12.8. The molecule has 6 nitrogen and oxygen atoms in total.